The predicted octanol–water partition coefficient (Wildman–Crippen LogP) is 0.0315. The Labute approximate surface area is 78.6 Å². The molecule has 1 N–H and O–H groups in total. The third kappa shape index (κ3) is 2.67. The molecule has 0 aliphatic carbocycles. The van der Waals surface area contributed by atoms with E-state index in [1.54, 1.807) is 7.11 Å². The summed E-state index contributed by atoms with van der Waals surface area (Å²) in [5.74, 6) is 0.137. The minimum atomic E-state index is -0.102. The Morgan fingerprint density at radius 3 is 2.92 bits per heavy atom. The van der Waals surface area contributed by atoms with Crippen LogP contribution in [0.2, 0.25) is 0 Å². The molecule has 0 bridgehead atoms. The molecule has 0 aromatic heterocycles. The van der Waals surface area contributed by atoms with Crippen LogP contribution in [0.4, 0.5) is 0 Å². The topological polar surface area (TPSA) is 47.6 Å². The molecular formula is C9H17NO3. The van der Waals surface area contributed by atoms with Gasteiger partial charge in [0.1, 0.15) is 0 Å². The zero-order valence-electron chi connectivity index (χ0n) is 8.21. The average Bonchev–Trinajstić information content (AvgIpc) is 2.54. The van der Waals surface area contributed by atoms with Gasteiger partial charge in [0.05, 0.1) is 19.1 Å². The van der Waals surface area contributed by atoms with E-state index in [0.29, 0.717) is 19.8 Å². The maximum atomic E-state index is 11.4. The van der Waals surface area contributed by atoms with Crippen LogP contribution in [-0.4, -0.2) is 39.4 Å². The number of nitrogens with one attached hydrogen (secondary N) is 1. The molecule has 0 aromatic rings. The van der Waals surface area contributed by atoms with E-state index < -0.39 is 0 Å². The maximum Gasteiger partial charge on any atom is 0.310 e. The molecule has 1 aliphatic rings. The molecule has 0 aromatic carbocycles. The fourth-order valence-corrected chi connectivity index (χ4v) is 1.65. The highest BCUT2D eigenvalue weighted by molar-refractivity contribution is 5.73. The molecular weight excluding hydrogens is 170 g/mol. The van der Waals surface area contributed by atoms with Crippen molar-refractivity contribution in [3.05, 3.63) is 0 Å². The Kier molecular flexibility index (Phi) is 4.18. The van der Waals surface area contributed by atoms with Crippen molar-refractivity contribution in [2.75, 3.05) is 33.4 Å². The maximum absolute atomic E-state index is 11.4. The van der Waals surface area contributed by atoms with Crippen molar-refractivity contribution in [3.8, 4) is 0 Å². The largest absolute Gasteiger partial charge is 0.466 e. The van der Waals surface area contributed by atoms with E-state index in [4.69, 9.17) is 9.47 Å². The van der Waals surface area contributed by atoms with Crippen LogP contribution in [0.25, 0.3) is 0 Å². The summed E-state index contributed by atoms with van der Waals surface area (Å²) in [7, 11) is 1.65. The first kappa shape index (κ1) is 10.5. The molecule has 0 radical (unpaired) electrons. The van der Waals surface area contributed by atoms with Gasteiger partial charge >= 0.3 is 5.97 Å². The molecule has 2 atom stereocenters. The lowest BCUT2D eigenvalue weighted by Crippen LogP contribution is -2.27. The summed E-state index contributed by atoms with van der Waals surface area (Å²) in [4.78, 5) is 11.4. The van der Waals surface area contributed by atoms with E-state index in [9.17, 15) is 4.79 Å². The van der Waals surface area contributed by atoms with Crippen LogP contribution in [-0.2, 0) is 14.3 Å². The number of hydrogen-bond donors (Lipinski definition) is 1. The van der Waals surface area contributed by atoms with E-state index in [2.05, 4.69) is 5.32 Å². The lowest BCUT2D eigenvalue weighted by atomic mass is 9.97. The number of esters is 1. The summed E-state index contributed by atoms with van der Waals surface area (Å²) in [5, 5.41) is 3.17. The van der Waals surface area contributed by atoms with E-state index in [0.717, 1.165) is 6.54 Å². The summed E-state index contributed by atoms with van der Waals surface area (Å²) < 4.78 is 10.0. The van der Waals surface area contributed by atoms with Gasteiger partial charge in [-0.05, 0) is 6.92 Å². The van der Waals surface area contributed by atoms with Gasteiger partial charge in [-0.25, -0.2) is 0 Å². The second-order valence-electron chi connectivity index (χ2n) is 3.23. The van der Waals surface area contributed by atoms with Crippen LogP contribution >= 0.6 is 0 Å². The van der Waals surface area contributed by atoms with Crippen molar-refractivity contribution in [1.82, 2.24) is 5.32 Å². The first-order valence-electron chi connectivity index (χ1n) is 4.65. The second kappa shape index (κ2) is 5.19. The molecule has 4 nitrogen and oxygen atoms in total. The molecule has 1 heterocycles. The van der Waals surface area contributed by atoms with Crippen LogP contribution in [0.15, 0.2) is 0 Å². The van der Waals surface area contributed by atoms with Crippen LogP contribution in [0.3, 0.4) is 0 Å². The lowest BCUT2D eigenvalue weighted by molar-refractivity contribution is -0.149. The van der Waals surface area contributed by atoms with Gasteiger partial charge in [-0.3, -0.25) is 4.79 Å². The monoisotopic (exact) mass is 187 g/mol. The summed E-state index contributed by atoms with van der Waals surface area (Å²) in [5.41, 5.74) is 0. The Morgan fingerprint density at radius 2 is 2.31 bits per heavy atom. The third-order valence-corrected chi connectivity index (χ3v) is 2.31. The first-order chi connectivity index (χ1) is 6.29. The van der Waals surface area contributed by atoms with Gasteiger partial charge in [0, 0.05) is 26.1 Å². The highest BCUT2D eigenvalue weighted by Crippen LogP contribution is 2.18. The van der Waals surface area contributed by atoms with Crippen molar-refractivity contribution in [1.29, 1.82) is 0 Å². The van der Waals surface area contributed by atoms with Crippen molar-refractivity contribution < 1.29 is 14.3 Å². The van der Waals surface area contributed by atoms with E-state index in [1.807, 2.05) is 6.92 Å². The summed E-state index contributed by atoms with van der Waals surface area (Å²) in [6.45, 7) is 4.46. The molecule has 0 saturated carbocycles. The smallest absolute Gasteiger partial charge is 0.310 e. The van der Waals surface area contributed by atoms with Crippen LogP contribution < -0.4 is 5.32 Å². The minimum Gasteiger partial charge on any atom is -0.466 e. The Bertz CT molecular complexity index is 172. The highest BCUT2D eigenvalue weighted by Gasteiger charge is 2.33. The number of rotatable bonds is 4. The standard InChI is InChI=1S/C9H17NO3/c1-3-13-9(11)8-5-10-4-7(8)6-12-2/h7-8,10H,3-6H2,1-2H3/t7-,8-/m1/s1. The van der Waals surface area contributed by atoms with Gasteiger partial charge in [0.2, 0.25) is 0 Å². The van der Waals surface area contributed by atoms with Crippen molar-refractivity contribution in [2.45, 2.75) is 6.92 Å². The van der Waals surface area contributed by atoms with Crippen LogP contribution in [0.5, 0.6) is 0 Å². The van der Waals surface area contributed by atoms with Crippen molar-refractivity contribution in [2.24, 2.45) is 11.8 Å². The minimum absolute atomic E-state index is 0.0279. The Morgan fingerprint density at radius 1 is 1.54 bits per heavy atom. The van der Waals surface area contributed by atoms with Crippen LogP contribution in [0.1, 0.15) is 6.92 Å². The van der Waals surface area contributed by atoms with Crippen LogP contribution in [0, 0.1) is 11.8 Å². The van der Waals surface area contributed by atoms with Gasteiger partial charge in [-0.15, -0.1) is 0 Å². The number of ether oxygens (including phenoxy) is 2. The first-order valence-corrected chi connectivity index (χ1v) is 4.65. The zero-order chi connectivity index (χ0) is 9.68. The molecule has 0 unspecified atom stereocenters. The van der Waals surface area contributed by atoms with Gasteiger partial charge in [0.15, 0.2) is 0 Å². The van der Waals surface area contributed by atoms with E-state index in [1.165, 1.54) is 0 Å². The average molecular weight is 187 g/mol. The third-order valence-electron chi connectivity index (χ3n) is 2.31. The fourth-order valence-electron chi connectivity index (χ4n) is 1.65. The molecule has 1 rings (SSSR count). The van der Waals surface area contributed by atoms with E-state index in [-0.39, 0.29) is 17.8 Å². The second-order valence-corrected chi connectivity index (χ2v) is 3.23. The molecule has 0 amide bonds. The fraction of sp³-hybridized carbons (Fsp3) is 0.889. The molecule has 13 heavy (non-hydrogen) atoms. The van der Waals surface area contributed by atoms with E-state index >= 15 is 0 Å². The highest BCUT2D eigenvalue weighted by atomic mass is 16.5. The van der Waals surface area contributed by atoms with Crippen molar-refractivity contribution in [3.63, 3.8) is 0 Å². The number of hydrogen-bond acceptors (Lipinski definition) is 4. The van der Waals surface area contributed by atoms with Gasteiger partial charge in [-0.1, -0.05) is 0 Å². The molecule has 1 fully saturated rings. The number of methoxy groups -OCH3 is 1. The molecule has 76 valence electrons. The number of carbonyl (C=O) groups excluding carboxylic acids is 1. The predicted molar refractivity (Wildman–Crippen MR) is 48.4 cm³/mol. The van der Waals surface area contributed by atoms with Gasteiger partial charge in [-0.2, -0.15) is 0 Å². The van der Waals surface area contributed by atoms with Gasteiger partial charge in [0.25, 0.3) is 0 Å². The Balaban J connectivity index is 2.42. The molecule has 1 saturated heterocycles. The molecule has 4 heteroatoms. The SMILES string of the molecule is CCOC(=O)[C@@H]1CNC[C@@H]1COC. The van der Waals surface area contributed by atoms with Gasteiger partial charge < -0.3 is 14.8 Å². The number of carbonyl (C=O) groups is 1. The molecule has 1 aliphatic heterocycles. The summed E-state index contributed by atoms with van der Waals surface area (Å²) in [6, 6.07) is 0. The van der Waals surface area contributed by atoms with Crippen molar-refractivity contribution >= 4 is 5.97 Å². The summed E-state index contributed by atoms with van der Waals surface area (Å²) in [6.07, 6.45) is 0. The Hall–Kier alpha value is -0.610. The quantitative estimate of drug-likeness (QED) is 0.631. The zero-order valence-corrected chi connectivity index (χ0v) is 8.21. The molecule has 0 spiro atoms. The summed E-state index contributed by atoms with van der Waals surface area (Å²) >= 11 is 0. The normalized spacial score (nSPS) is 27.5. The lowest BCUT2D eigenvalue weighted by Gasteiger charge is -2.15.